The van der Waals surface area contributed by atoms with Gasteiger partial charge in [0.05, 0.1) is 17.3 Å². The second-order valence-corrected chi connectivity index (χ2v) is 6.75. The number of nitriles is 1. The third-order valence-electron chi connectivity index (χ3n) is 4.99. The molecule has 0 amide bonds. The van der Waals surface area contributed by atoms with E-state index in [0.717, 1.165) is 24.5 Å². The standard InChI is InChI=1S/C21H24N2O/c1-2-3-4-5-15-7-10-19-17(12-15)8-11-20(23-19)18-9-6-16(14-22)13-21(18)24/h6,8-9,11,13,15,24H,2-5,7,10,12H2,1H3. The lowest BCUT2D eigenvalue weighted by atomic mass is 9.83. The number of benzene rings is 1. The van der Waals surface area contributed by atoms with Gasteiger partial charge < -0.3 is 5.11 Å². The van der Waals surface area contributed by atoms with Crippen molar-refractivity contribution in [2.75, 3.05) is 0 Å². The zero-order valence-corrected chi connectivity index (χ0v) is 14.3. The first-order chi connectivity index (χ1) is 11.7. The molecule has 1 unspecified atom stereocenters. The first-order valence-electron chi connectivity index (χ1n) is 8.93. The van der Waals surface area contributed by atoms with Gasteiger partial charge in [-0.05, 0) is 55.0 Å². The lowest BCUT2D eigenvalue weighted by Gasteiger charge is -2.24. The highest BCUT2D eigenvalue weighted by molar-refractivity contribution is 5.68. The number of pyridine rings is 1. The third-order valence-corrected chi connectivity index (χ3v) is 4.99. The van der Waals surface area contributed by atoms with Crippen molar-refractivity contribution in [2.45, 2.75) is 51.9 Å². The maximum atomic E-state index is 10.2. The number of hydrogen-bond donors (Lipinski definition) is 1. The third kappa shape index (κ3) is 3.59. The van der Waals surface area contributed by atoms with E-state index in [2.05, 4.69) is 13.0 Å². The molecular formula is C21H24N2O. The summed E-state index contributed by atoms with van der Waals surface area (Å²) in [5.74, 6) is 0.912. The Morgan fingerprint density at radius 3 is 2.88 bits per heavy atom. The number of hydrogen-bond acceptors (Lipinski definition) is 3. The molecule has 1 aliphatic rings. The number of unbranched alkanes of at least 4 members (excludes halogenated alkanes) is 2. The zero-order valence-electron chi connectivity index (χ0n) is 14.3. The van der Waals surface area contributed by atoms with Crippen LogP contribution in [0.25, 0.3) is 11.3 Å². The lowest BCUT2D eigenvalue weighted by Crippen LogP contribution is -2.15. The van der Waals surface area contributed by atoms with Crippen LogP contribution in [0.3, 0.4) is 0 Å². The van der Waals surface area contributed by atoms with Crippen molar-refractivity contribution in [3.63, 3.8) is 0 Å². The van der Waals surface area contributed by atoms with Crippen LogP contribution in [0.1, 0.15) is 55.8 Å². The van der Waals surface area contributed by atoms with Gasteiger partial charge in [-0.25, -0.2) is 0 Å². The molecule has 0 bridgehead atoms. The van der Waals surface area contributed by atoms with Crippen LogP contribution in [-0.4, -0.2) is 10.1 Å². The van der Waals surface area contributed by atoms with E-state index < -0.39 is 0 Å². The minimum atomic E-state index is 0.120. The number of aromatic hydroxyl groups is 1. The average molecular weight is 320 g/mol. The van der Waals surface area contributed by atoms with E-state index in [1.165, 1.54) is 49.4 Å². The van der Waals surface area contributed by atoms with Crippen molar-refractivity contribution in [1.82, 2.24) is 4.98 Å². The monoisotopic (exact) mass is 320 g/mol. The molecule has 0 saturated heterocycles. The lowest BCUT2D eigenvalue weighted by molar-refractivity contribution is 0.404. The zero-order chi connectivity index (χ0) is 16.9. The molecule has 0 saturated carbocycles. The van der Waals surface area contributed by atoms with E-state index in [4.69, 9.17) is 10.2 Å². The normalized spacial score (nSPS) is 16.4. The summed E-state index contributed by atoms with van der Waals surface area (Å²) in [6.45, 7) is 2.25. The second-order valence-electron chi connectivity index (χ2n) is 6.75. The molecule has 0 aliphatic heterocycles. The van der Waals surface area contributed by atoms with Gasteiger partial charge >= 0.3 is 0 Å². The Kier molecular flexibility index (Phi) is 5.15. The van der Waals surface area contributed by atoms with E-state index in [1.54, 1.807) is 12.1 Å². The topological polar surface area (TPSA) is 56.9 Å². The fourth-order valence-electron chi connectivity index (χ4n) is 3.58. The SMILES string of the molecule is CCCCCC1CCc2nc(-c3ccc(C#N)cc3O)ccc2C1. The summed E-state index contributed by atoms with van der Waals surface area (Å²) in [6.07, 6.45) is 8.64. The summed E-state index contributed by atoms with van der Waals surface area (Å²) in [6, 6.07) is 11.2. The molecule has 1 aromatic carbocycles. The Morgan fingerprint density at radius 2 is 2.12 bits per heavy atom. The van der Waals surface area contributed by atoms with Crippen LogP contribution < -0.4 is 0 Å². The fraction of sp³-hybridized carbons (Fsp3) is 0.429. The van der Waals surface area contributed by atoms with E-state index >= 15 is 0 Å². The average Bonchev–Trinajstić information content (AvgIpc) is 2.61. The van der Waals surface area contributed by atoms with Crippen molar-refractivity contribution >= 4 is 0 Å². The molecule has 3 heteroatoms. The van der Waals surface area contributed by atoms with Gasteiger partial charge in [-0.3, -0.25) is 4.98 Å². The molecule has 0 radical (unpaired) electrons. The smallest absolute Gasteiger partial charge is 0.126 e. The van der Waals surface area contributed by atoms with Gasteiger partial charge in [0.1, 0.15) is 5.75 Å². The number of phenolic OH excluding ortho intramolecular Hbond substituents is 1. The molecule has 1 aromatic heterocycles. The predicted octanol–water partition coefficient (Wildman–Crippen LogP) is 5.01. The van der Waals surface area contributed by atoms with Crippen LogP contribution in [-0.2, 0) is 12.8 Å². The first-order valence-corrected chi connectivity index (χ1v) is 8.93. The van der Waals surface area contributed by atoms with Crippen molar-refractivity contribution < 1.29 is 5.11 Å². The number of fused-ring (bicyclic) bond motifs is 1. The van der Waals surface area contributed by atoms with Crippen molar-refractivity contribution in [3.8, 4) is 23.1 Å². The summed E-state index contributed by atoms with van der Waals surface area (Å²) in [5.41, 5.74) is 4.48. The van der Waals surface area contributed by atoms with Gasteiger partial charge in [0.2, 0.25) is 0 Å². The van der Waals surface area contributed by atoms with Crippen molar-refractivity contribution in [2.24, 2.45) is 5.92 Å². The van der Waals surface area contributed by atoms with Gasteiger partial charge in [-0.2, -0.15) is 5.26 Å². The van der Waals surface area contributed by atoms with Crippen LogP contribution in [0.4, 0.5) is 0 Å². The summed E-state index contributed by atoms with van der Waals surface area (Å²) >= 11 is 0. The highest BCUT2D eigenvalue weighted by atomic mass is 16.3. The maximum absolute atomic E-state index is 10.2. The molecule has 3 nitrogen and oxygen atoms in total. The van der Waals surface area contributed by atoms with Crippen LogP contribution in [0.2, 0.25) is 0 Å². The molecule has 24 heavy (non-hydrogen) atoms. The van der Waals surface area contributed by atoms with Crippen LogP contribution >= 0.6 is 0 Å². The maximum Gasteiger partial charge on any atom is 0.126 e. The molecule has 1 heterocycles. The molecule has 1 aliphatic carbocycles. The summed E-state index contributed by atoms with van der Waals surface area (Å²) in [4.78, 5) is 4.79. The molecular weight excluding hydrogens is 296 g/mol. The Morgan fingerprint density at radius 1 is 1.25 bits per heavy atom. The second kappa shape index (κ2) is 7.49. The summed E-state index contributed by atoms with van der Waals surface area (Å²) < 4.78 is 0. The minimum absolute atomic E-state index is 0.120. The molecule has 0 spiro atoms. The van der Waals surface area contributed by atoms with E-state index in [1.807, 2.05) is 12.1 Å². The Labute approximate surface area is 144 Å². The highest BCUT2D eigenvalue weighted by Crippen LogP contribution is 2.33. The molecule has 1 N–H and O–H groups in total. The van der Waals surface area contributed by atoms with Crippen LogP contribution in [0.15, 0.2) is 30.3 Å². The van der Waals surface area contributed by atoms with E-state index in [9.17, 15) is 5.11 Å². The number of aryl methyl sites for hydroxylation is 1. The first kappa shape index (κ1) is 16.5. The molecule has 2 aromatic rings. The predicted molar refractivity (Wildman–Crippen MR) is 95.7 cm³/mol. The highest BCUT2D eigenvalue weighted by Gasteiger charge is 2.20. The summed E-state index contributed by atoms with van der Waals surface area (Å²) in [5, 5.41) is 19.1. The largest absolute Gasteiger partial charge is 0.507 e. The van der Waals surface area contributed by atoms with Gasteiger partial charge in [0.15, 0.2) is 0 Å². The van der Waals surface area contributed by atoms with Crippen molar-refractivity contribution in [3.05, 3.63) is 47.2 Å². The quantitative estimate of drug-likeness (QED) is 0.788. The fourth-order valence-corrected chi connectivity index (χ4v) is 3.58. The molecule has 124 valence electrons. The van der Waals surface area contributed by atoms with Gasteiger partial charge in [0, 0.05) is 11.3 Å². The summed E-state index contributed by atoms with van der Waals surface area (Å²) in [7, 11) is 0. The molecule has 1 atom stereocenters. The van der Waals surface area contributed by atoms with Gasteiger partial charge in [-0.15, -0.1) is 0 Å². The number of nitrogens with zero attached hydrogens (tertiary/aromatic N) is 2. The Balaban J connectivity index is 1.77. The van der Waals surface area contributed by atoms with Crippen molar-refractivity contribution in [1.29, 1.82) is 5.26 Å². The Hall–Kier alpha value is -2.34. The van der Waals surface area contributed by atoms with Gasteiger partial charge in [0.25, 0.3) is 0 Å². The number of phenols is 1. The molecule has 0 fully saturated rings. The van der Waals surface area contributed by atoms with E-state index in [0.29, 0.717) is 11.1 Å². The minimum Gasteiger partial charge on any atom is -0.507 e. The van der Waals surface area contributed by atoms with Gasteiger partial charge in [-0.1, -0.05) is 38.7 Å². The van der Waals surface area contributed by atoms with Crippen LogP contribution in [0, 0.1) is 17.2 Å². The number of rotatable bonds is 5. The van der Waals surface area contributed by atoms with Crippen LogP contribution in [0.5, 0.6) is 5.75 Å². The Bertz CT molecular complexity index is 761. The molecule has 3 rings (SSSR count). The number of aromatic nitrogens is 1. The van der Waals surface area contributed by atoms with E-state index in [-0.39, 0.29) is 5.75 Å².